The second-order valence-electron chi connectivity index (χ2n) is 6.79. The lowest BCUT2D eigenvalue weighted by Crippen LogP contribution is -2.13. The Morgan fingerprint density at radius 2 is 1.67 bits per heavy atom. The van der Waals surface area contributed by atoms with Gasteiger partial charge < -0.3 is 14.8 Å². The maximum Gasteiger partial charge on any atom is 0.337 e. The lowest BCUT2D eigenvalue weighted by atomic mass is 10.1. The molecule has 1 N–H and O–H groups in total. The summed E-state index contributed by atoms with van der Waals surface area (Å²) in [5, 5.41) is 21.4. The van der Waals surface area contributed by atoms with Gasteiger partial charge in [-0.1, -0.05) is 36.4 Å². The van der Waals surface area contributed by atoms with Crippen LogP contribution in [-0.2, 0) is 16.1 Å². The van der Waals surface area contributed by atoms with E-state index < -0.39 is 11.9 Å². The highest BCUT2D eigenvalue weighted by Crippen LogP contribution is 2.23. The van der Waals surface area contributed by atoms with Crippen LogP contribution in [0.2, 0.25) is 0 Å². The summed E-state index contributed by atoms with van der Waals surface area (Å²) in [5.74, 6) is -0.624. The van der Waals surface area contributed by atoms with Gasteiger partial charge in [0.25, 0.3) is 5.91 Å². The van der Waals surface area contributed by atoms with Gasteiger partial charge in [0.1, 0.15) is 24.0 Å². The number of para-hydroxylation sites is 1. The standard InChI is InChI=1S/C26H19N3O4/c1-32-26(31)18-10-12-23(13-11-18)29-25(30)22(16-28)14-19-6-4-5-9-24(19)33-17-21-8-3-2-7-20(21)15-27/h2-14H,17H2,1H3,(H,29,30)/b22-14+. The van der Waals surface area contributed by atoms with Crippen LogP contribution in [0.1, 0.15) is 27.0 Å². The molecule has 0 heterocycles. The van der Waals surface area contributed by atoms with Crippen LogP contribution in [0.4, 0.5) is 5.69 Å². The molecule has 0 aromatic heterocycles. The first-order valence-electron chi connectivity index (χ1n) is 9.87. The van der Waals surface area contributed by atoms with Crippen molar-refractivity contribution in [3.63, 3.8) is 0 Å². The molecule has 0 spiro atoms. The van der Waals surface area contributed by atoms with Crippen LogP contribution in [0.3, 0.4) is 0 Å². The van der Waals surface area contributed by atoms with Crippen LogP contribution < -0.4 is 10.1 Å². The number of rotatable bonds is 7. The van der Waals surface area contributed by atoms with Crippen molar-refractivity contribution in [2.24, 2.45) is 0 Å². The second-order valence-corrected chi connectivity index (χ2v) is 6.79. The molecule has 7 nitrogen and oxygen atoms in total. The van der Waals surface area contributed by atoms with Gasteiger partial charge in [-0.25, -0.2) is 4.79 Å². The molecule has 0 fully saturated rings. The van der Waals surface area contributed by atoms with Crippen molar-refractivity contribution in [3.05, 3.63) is 101 Å². The Kier molecular flexibility index (Phi) is 7.56. The number of amides is 1. The first-order valence-corrected chi connectivity index (χ1v) is 9.87. The van der Waals surface area contributed by atoms with E-state index in [9.17, 15) is 20.1 Å². The van der Waals surface area contributed by atoms with E-state index in [1.807, 2.05) is 12.1 Å². The summed E-state index contributed by atoms with van der Waals surface area (Å²) in [7, 11) is 1.28. The van der Waals surface area contributed by atoms with Gasteiger partial charge in [-0.15, -0.1) is 0 Å². The van der Waals surface area contributed by atoms with Gasteiger partial charge in [0.05, 0.1) is 24.3 Å². The van der Waals surface area contributed by atoms with Crippen LogP contribution in [0.5, 0.6) is 5.75 Å². The average Bonchev–Trinajstić information content (AvgIpc) is 2.86. The van der Waals surface area contributed by atoms with Crippen molar-refractivity contribution in [2.45, 2.75) is 6.61 Å². The van der Waals surface area contributed by atoms with E-state index in [0.717, 1.165) is 5.56 Å². The number of anilines is 1. The monoisotopic (exact) mass is 437 g/mol. The fraction of sp³-hybridized carbons (Fsp3) is 0.0769. The van der Waals surface area contributed by atoms with Gasteiger partial charge in [0.15, 0.2) is 0 Å². The summed E-state index contributed by atoms with van der Waals surface area (Å²) in [6.07, 6.45) is 1.43. The highest BCUT2D eigenvalue weighted by Gasteiger charge is 2.13. The van der Waals surface area contributed by atoms with Crippen molar-refractivity contribution < 1.29 is 19.1 Å². The molecule has 0 aliphatic rings. The Morgan fingerprint density at radius 3 is 2.36 bits per heavy atom. The largest absolute Gasteiger partial charge is 0.488 e. The summed E-state index contributed by atoms with van der Waals surface area (Å²) < 4.78 is 10.5. The van der Waals surface area contributed by atoms with Crippen LogP contribution in [-0.4, -0.2) is 19.0 Å². The first kappa shape index (κ1) is 22.8. The summed E-state index contributed by atoms with van der Waals surface area (Å²) in [4.78, 5) is 24.2. The third-order valence-corrected chi connectivity index (χ3v) is 4.67. The van der Waals surface area contributed by atoms with Crippen molar-refractivity contribution in [3.8, 4) is 17.9 Å². The fourth-order valence-corrected chi connectivity index (χ4v) is 2.95. The maximum absolute atomic E-state index is 12.6. The number of nitrogens with one attached hydrogen (secondary N) is 1. The minimum Gasteiger partial charge on any atom is -0.488 e. The zero-order valence-electron chi connectivity index (χ0n) is 17.7. The van der Waals surface area contributed by atoms with E-state index in [4.69, 9.17) is 4.74 Å². The summed E-state index contributed by atoms with van der Waals surface area (Å²) in [6.45, 7) is 0.162. The van der Waals surface area contributed by atoms with Crippen molar-refractivity contribution in [1.29, 1.82) is 10.5 Å². The molecule has 3 rings (SSSR count). The number of hydrogen-bond donors (Lipinski definition) is 1. The van der Waals surface area contributed by atoms with Crippen molar-refractivity contribution >= 4 is 23.6 Å². The van der Waals surface area contributed by atoms with Gasteiger partial charge in [-0.05, 0) is 42.5 Å². The summed E-state index contributed by atoms with van der Waals surface area (Å²) >= 11 is 0. The summed E-state index contributed by atoms with van der Waals surface area (Å²) in [5.41, 5.74) is 2.43. The molecule has 1 amide bonds. The molecule has 0 radical (unpaired) electrons. The number of benzene rings is 3. The van der Waals surface area contributed by atoms with Gasteiger partial charge in [0.2, 0.25) is 0 Å². The molecule has 0 unspecified atom stereocenters. The zero-order chi connectivity index (χ0) is 23.6. The molecule has 7 heteroatoms. The van der Waals surface area contributed by atoms with Crippen LogP contribution in [0, 0.1) is 22.7 Å². The Bertz CT molecular complexity index is 1280. The number of methoxy groups -OCH3 is 1. The van der Waals surface area contributed by atoms with E-state index >= 15 is 0 Å². The molecular weight excluding hydrogens is 418 g/mol. The predicted octanol–water partition coefficient (Wildman–Crippen LogP) is 4.47. The molecule has 0 aliphatic heterocycles. The van der Waals surface area contributed by atoms with E-state index in [-0.39, 0.29) is 12.2 Å². The molecule has 0 atom stereocenters. The van der Waals surface area contributed by atoms with Gasteiger partial charge in [-0.2, -0.15) is 10.5 Å². The number of carbonyl (C=O) groups excluding carboxylic acids is 2. The number of esters is 1. The number of nitrogens with zero attached hydrogens (tertiary/aromatic N) is 2. The average molecular weight is 437 g/mol. The molecule has 0 saturated heterocycles. The van der Waals surface area contributed by atoms with E-state index in [1.54, 1.807) is 54.6 Å². The number of carbonyl (C=O) groups is 2. The van der Waals surface area contributed by atoms with E-state index in [1.165, 1.54) is 25.3 Å². The summed E-state index contributed by atoms with van der Waals surface area (Å²) in [6, 6.07) is 24.2. The Labute approximate surface area is 191 Å². The van der Waals surface area contributed by atoms with Crippen LogP contribution in [0.15, 0.2) is 78.4 Å². The molecule has 3 aromatic carbocycles. The number of nitriles is 2. The van der Waals surface area contributed by atoms with Crippen molar-refractivity contribution in [2.75, 3.05) is 12.4 Å². The minimum atomic E-state index is -0.604. The minimum absolute atomic E-state index is 0.125. The molecular formula is C26H19N3O4. The topological polar surface area (TPSA) is 112 Å². The Hall–Kier alpha value is -4.88. The second kappa shape index (κ2) is 10.9. The predicted molar refractivity (Wildman–Crippen MR) is 122 cm³/mol. The zero-order valence-corrected chi connectivity index (χ0v) is 17.7. The van der Waals surface area contributed by atoms with Crippen LogP contribution in [0.25, 0.3) is 6.08 Å². The normalized spacial score (nSPS) is 10.5. The number of ether oxygens (including phenoxy) is 2. The molecule has 162 valence electrons. The van der Waals surface area contributed by atoms with Crippen molar-refractivity contribution in [1.82, 2.24) is 0 Å². The molecule has 0 bridgehead atoms. The lowest BCUT2D eigenvalue weighted by molar-refractivity contribution is -0.112. The first-order chi connectivity index (χ1) is 16.0. The van der Waals surface area contributed by atoms with E-state index in [0.29, 0.717) is 28.1 Å². The Balaban J connectivity index is 1.77. The molecule has 0 saturated carbocycles. The third-order valence-electron chi connectivity index (χ3n) is 4.67. The number of hydrogen-bond acceptors (Lipinski definition) is 6. The molecule has 33 heavy (non-hydrogen) atoms. The van der Waals surface area contributed by atoms with Gasteiger partial charge >= 0.3 is 5.97 Å². The molecule has 3 aromatic rings. The van der Waals surface area contributed by atoms with E-state index in [2.05, 4.69) is 16.1 Å². The lowest BCUT2D eigenvalue weighted by Gasteiger charge is -2.11. The quantitative estimate of drug-likeness (QED) is 0.332. The SMILES string of the molecule is COC(=O)c1ccc(NC(=O)/C(C#N)=C/c2ccccc2OCc2ccccc2C#N)cc1. The highest BCUT2D eigenvalue weighted by atomic mass is 16.5. The fourth-order valence-electron chi connectivity index (χ4n) is 2.95. The maximum atomic E-state index is 12.6. The Morgan fingerprint density at radius 1 is 0.970 bits per heavy atom. The van der Waals surface area contributed by atoms with Gasteiger partial charge in [0, 0.05) is 16.8 Å². The third kappa shape index (κ3) is 5.84. The molecule has 0 aliphatic carbocycles. The highest BCUT2D eigenvalue weighted by molar-refractivity contribution is 6.10. The van der Waals surface area contributed by atoms with Crippen LogP contribution >= 0.6 is 0 Å². The van der Waals surface area contributed by atoms with Gasteiger partial charge in [-0.3, -0.25) is 4.79 Å². The smallest absolute Gasteiger partial charge is 0.337 e.